The molecule has 0 saturated carbocycles. The first-order chi connectivity index (χ1) is 12.1. The maximum atomic E-state index is 11.7. The standard InChI is InChI=1S/C19H20NO5/c21-13-16(11-15-8-9-17(22)12-18(15)23)20-19(24)25-10-4-7-14-5-2-1-3-6-14/h1-3,5-6,8-9,12,16,22-23H,4,7,10-11H2,(H,20,24). The molecule has 2 aromatic carbocycles. The van der Waals surface area contributed by atoms with E-state index in [1.165, 1.54) is 18.2 Å². The lowest BCUT2D eigenvalue weighted by Crippen LogP contribution is -2.38. The number of nitrogens with one attached hydrogen (secondary N) is 1. The van der Waals surface area contributed by atoms with E-state index in [1.807, 2.05) is 30.3 Å². The molecule has 1 atom stereocenters. The maximum absolute atomic E-state index is 11.7. The van der Waals surface area contributed by atoms with Crippen molar-refractivity contribution in [3.8, 4) is 11.5 Å². The topological polar surface area (TPSA) is 95.9 Å². The third-order valence-electron chi connectivity index (χ3n) is 3.61. The molecule has 0 saturated heterocycles. The van der Waals surface area contributed by atoms with Crippen molar-refractivity contribution >= 4 is 12.4 Å². The second-order valence-corrected chi connectivity index (χ2v) is 5.56. The van der Waals surface area contributed by atoms with Gasteiger partial charge in [-0.25, -0.2) is 4.79 Å². The first-order valence-corrected chi connectivity index (χ1v) is 7.94. The predicted octanol–water partition coefficient (Wildman–Crippen LogP) is 2.48. The number of carbonyl (C=O) groups is 1. The largest absolute Gasteiger partial charge is 0.508 e. The molecule has 2 aromatic rings. The summed E-state index contributed by atoms with van der Waals surface area (Å²) in [5.41, 5.74) is 1.57. The van der Waals surface area contributed by atoms with Crippen LogP contribution in [-0.2, 0) is 22.4 Å². The summed E-state index contributed by atoms with van der Waals surface area (Å²) in [6, 6.07) is 12.9. The van der Waals surface area contributed by atoms with E-state index in [9.17, 15) is 19.8 Å². The zero-order chi connectivity index (χ0) is 18.1. The van der Waals surface area contributed by atoms with E-state index in [2.05, 4.69) is 5.32 Å². The zero-order valence-corrected chi connectivity index (χ0v) is 13.6. The van der Waals surface area contributed by atoms with Crippen LogP contribution in [0.25, 0.3) is 0 Å². The fourth-order valence-electron chi connectivity index (χ4n) is 2.34. The SMILES string of the molecule is O=[C]C(Cc1ccc(O)cc1O)NC(=O)OCCCc1ccccc1. The molecule has 1 radical (unpaired) electrons. The average Bonchev–Trinajstić information content (AvgIpc) is 2.61. The van der Waals surface area contributed by atoms with E-state index in [1.54, 1.807) is 6.29 Å². The van der Waals surface area contributed by atoms with E-state index >= 15 is 0 Å². The Bertz CT molecular complexity index is 702. The van der Waals surface area contributed by atoms with Gasteiger partial charge in [0.15, 0.2) is 0 Å². The molecule has 0 heterocycles. The number of aryl methyl sites for hydroxylation is 1. The monoisotopic (exact) mass is 342 g/mol. The number of carbonyl (C=O) groups excluding carboxylic acids is 2. The van der Waals surface area contributed by atoms with Gasteiger partial charge in [-0.1, -0.05) is 36.4 Å². The lowest BCUT2D eigenvalue weighted by Gasteiger charge is -2.13. The Morgan fingerprint density at radius 3 is 2.60 bits per heavy atom. The Hall–Kier alpha value is -3.02. The summed E-state index contributed by atoms with van der Waals surface area (Å²) < 4.78 is 5.05. The Balaban J connectivity index is 1.74. The molecule has 1 amide bonds. The van der Waals surface area contributed by atoms with Crippen molar-refractivity contribution in [3.05, 3.63) is 59.7 Å². The molecule has 0 aliphatic rings. The molecule has 131 valence electrons. The van der Waals surface area contributed by atoms with Gasteiger partial charge in [-0.05, 0) is 30.0 Å². The molecule has 3 N–H and O–H groups in total. The number of hydrogen-bond donors (Lipinski definition) is 3. The Morgan fingerprint density at radius 2 is 1.92 bits per heavy atom. The number of amides is 1. The molecular formula is C19H20NO5. The second kappa shape index (κ2) is 9.32. The molecule has 2 rings (SSSR count). The summed E-state index contributed by atoms with van der Waals surface area (Å²) in [4.78, 5) is 22.8. The van der Waals surface area contributed by atoms with Crippen LogP contribution in [0, 0.1) is 0 Å². The van der Waals surface area contributed by atoms with E-state index in [0.717, 1.165) is 12.0 Å². The Morgan fingerprint density at radius 1 is 1.16 bits per heavy atom. The van der Waals surface area contributed by atoms with Crippen molar-refractivity contribution in [3.63, 3.8) is 0 Å². The molecule has 0 aliphatic heterocycles. The van der Waals surface area contributed by atoms with Crippen LogP contribution >= 0.6 is 0 Å². The predicted molar refractivity (Wildman–Crippen MR) is 92.2 cm³/mol. The number of hydrogen-bond acceptors (Lipinski definition) is 5. The molecule has 6 nitrogen and oxygen atoms in total. The molecule has 6 heteroatoms. The first-order valence-electron chi connectivity index (χ1n) is 7.94. The van der Waals surface area contributed by atoms with Crippen LogP contribution in [0.2, 0.25) is 0 Å². The van der Waals surface area contributed by atoms with Crippen molar-refractivity contribution in [2.45, 2.75) is 25.3 Å². The Labute approximate surface area is 146 Å². The average molecular weight is 342 g/mol. The highest BCUT2D eigenvalue weighted by Crippen LogP contribution is 2.23. The van der Waals surface area contributed by atoms with Gasteiger partial charge < -0.3 is 20.3 Å². The normalized spacial score (nSPS) is 11.5. The van der Waals surface area contributed by atoms with Gasteiger partial charge >= 0.3 is 6.09 Å². The van der Waals surface area contributed by atoms with Gasteiger partial charge in [-0.3, -0.25) is 4.79 Å². The van der Waals surface area contributed by atoms with Gasteiger partial charge in [0.1, 0.15) is 17.5 Å². The van der Waals surface area contributed by atoms with E-state index in [-0.39, 0.29) is 24.5 Å². The van der Waals surface area contributed by atoms with Crippen LogP contribution in [0.3, 0.4) is 0 Å². The van der Waals surface area contributed by atoms with Crippen LogP contribution in [-0.4, -0.2) is 35.2 Å². The third kappa shape index (κ3) is 6.18. The highest BCUT2D eigenvalue weighted by Gasteiger charge is 2.16. The minimum absolute atomic E-state index is 0.0503. The molecule has 0 fully saturated rings. The molecule has 25 heavy (non-hydrogen) atoms. The summed E-state index contributed by atoms with van der Waals surface area (Å²) in [5.74, 6) is -0.239. The van der Waals surface area contributed by atoms with Crippen molar-refractivity contribution in [2.75, 3.05) is 6.61 Å². The molecule has 0 aliphatic carbocycles. The summed E-state index contributed by atoms with van der Waals surface area (Å²) in [5, 5.41) is 21.4. The number of aromatic hydroxyl groups is 2. The van der Waals surface area contributed by atoms with Crippen molar-refractivity contribution < 1.29 is 24.5 Å². The molecule has 0 aromatic heterocycles. The minimum atomic E-state index is -0.947. The fourth-order valence-corrected chi connectivity index (χ4v) is 2.34. The fraction of sp³-hybridized carbons (Fsp3) is 0.263. The van der Waals surface area contributed by atoms with Crippen LogP contribution in [0.5, 0.6) is 11.5 Å². The summed E-state index contributed by atoms with van der Waals surface area (Å²) in [6.07, 6.45) is 2.51. The second-order valence-electron chi connectivity index (χ2n) is 5.56. The van der Waals surface area contributed by atoms with E-state index in [4.69, 9.17) is 4.74 Å². The summed E-state index contributed by atoms with van der Waals surface area (Å²) in [7, 11) is 0. The van der Waals surface area contributed by atoms with Gasteiger partial charge in [0.25, 0.3) is 0 Å². The number of phenols is 2. The number of rotatable bonds is 8. The maximum Gasteiger partial charge on any atom is 0.407 e. The molecule has 0 spiro atoms. The number of benzene rings is 2. The van der Waals surface area contributed by atoms with Crippen LogP contribution in [0.15, 0.2) is 48.5 Å². The van der Waals surface area contributed by atoms with Gasteiger partial charge in [0.05, 0.1) is 6.61 Å². The molecule has 1 unspecified atom stereocenters. The third-order valence-corrected chi connectivity index (χ3v) is 3.61. The smallest absolute Gasteiger partial charge is 0.407 e. The van der Waals surface area contributed by atoms with Gasteiger partial charge in [-0.2, -0.15) is 0 Å². The van der Waals surface area contributed by atoms with Crippen molar-refractivity contribution in [1.29, 1.82) is 0 Å². The van der Waals surface area contributed by atoms with Crippen molar-refractivity contribution in [2.24, 2.45) is 0 Å². The number of ether oxygens (including phenoxy) is 1. The van der Waals surface area contributed by atoms with Gasteiger partial charge in [0.2, 0.25) is 6.29 Å². The van der Waals surface area contributed by atoms with Crippen LogP contribution in [0.1, 0.15) is 17.5 Å². The summed E-state index contributed by atoms with van der Waals surface area (Å²) in [6.45, 7) is 0.233. The highest BCUT2D eigenvalue weighted by atomic mass is 16.5. The number of phenolic OH excluding ortho intramolecular Hbond substituents is 2. The van der Waals surface area contributed by atoms with Crippen LogP contribution in [0.4, 0.5) is 4.79 Å². The van der Waals surface area contributed by atoms with E-state index < -0.39 is 12.1 Å². The van der Waals surface area contributed by atoms with Crippen molar-refractivity contribution in [1.82, 2.24) is 5.32 Å². The lowest BCUT2D eigenvalue weighted by molar-refractivity contribution is 0.143. The van der Waals surface area contributed by atoms with E-state index in [0.29, 0.717) is 12.0 Å². The lowest BCUT2D eigenvalue weighted by atomic mass is 10.1. The molecular weight excluding hydrogens is 322 g/mol. The minimum Gasteiger partial charge on any atom is -0.508 e. The van der Waals surface area contributed by atoms with Gasteiger partial charge in [0, 0.05) is 12.5 Å². The van der Waals surface area contributed by atoms with Gasteiger partial charge in [-0.15, -0.1) is 0 Å². The number of alkyl carbamates (subject to hydrolysis) is 1. The first kappa shape index (κ1) is 18.3. The summed E-state index contributed by atoms with van der Waals surface area (Å²) >= 11 is 0. The Kier molecular flexibility index (Phi) is 6.83. The zero-order valence-electron chi connectivity index (χ0n) is 13.6. The van der Waals surface area contributed by atoms with Crippen LogP contribution < -0.4 is 5.32 Å². The quantitative estimate of drug-likeness (QED) is 0.641. The molecule has 0 bridgehead atoms. The highest BCUT2D eigenvalue weighted by molar-refractivity contribution is 5.73.